The molecular weight excluding hydrogens is 269 g/mol. The predicted molar refractivity (Wildman–Crippen MR) is 69.8 cm³/mol. The Bertz CT molecular complexity index is 427. The maximum atomic E-state index is 13.4. The molecule has 3 nitrogen and oxygen atoms in total. The van der Waals surface area contributed by atoms with E-state index in [1.807, 2.05) is 0 Å². The van der Waals surface area contributed by atoms with Crippen molar-refractivity contribution in [1.82, 2.24) is 10.2 Å². The molecule has 2 N–H and O–H groups in total. The predicted octanol–water partition coefficient (Wildman–Crippen LogP) is 1.82. The summed E-state index contributed by atoms with van der Waals surface area (Å²) < 4.78 is 39.8. The van der Waals surface area contributed by atoms with Gasteiger partial charge in [0.15, 0.2) is 17.5 Å². The Hall–Kier alpha value is -1.11. The first-order valence-electron chi connectivity index (χ1n) is 6.83. The summed E-state index contributed by atoms with van der Waals surface area (Å²) in [6.07, 6.45) is 1.12. The second-order valence-electron chi connectivity index (χ2n) is 4.97. The minimum atomic E-state index is -1.44. The summed E-state index contributed by atoms with van der Waals surface area (Å²) in [7, 11) is 0. The highest BCUT2D eigenvalue weighted by molar-refractivity contribution is 5.23. The molecule has 6 heteroatoms. The van der Waals surface area contributed by atoms with Crippen LogP contribution in [0.1, 0.15) is 24.4 Å². The lowest BCUT2D eigenvalue weighted by atomic mass is 9.99. The first-order valence-corrected chi connectivity index (χ1v) is 6.83. The number of benzene rings is 1. The molecule has 20 heavy (non-hydrogen) atoms. The number of nitrogens with one attached hydrogen (secondary N) is 1. The van der Waals surface area contributed by atoms with E-state index in [4.69, 9.17) is 5.11 Å². The van der Waals surface area contributed by atoms with Crippen LogP contribution in [0.4, 0.5) is 13.2 Å². The third-order valence-corrected chi connectivity index (χ3v) is 3.62. The van der Waals surface area contributed by atoms with Gasteiger partial charge in [0, 0.05) is 38.8 Å². The van der Waals surface area contributed by atoms with Crippen molar-refractivity contribution in [3.63, 3.8) is 0 Å². The molecule has 1 fully saturated rings. The Morgan fingerprint density at radius 2 is 1.75 bits per heavy atom. The molecule has 0 spiro atoms. The molecule has 112 valence electrons. The van der Waals surface area contributed by atoms with Gasteiger partial charge < -0.3 is 10.4 Å². The van der Waals surface area contributed by atoms with E-state index in [2.05, 4.69) is 10.2 Å². The number of halogens is 3. The Balaban J connectivity index is 2.25. The average molecular weight is 288 g/mol. The van der Waals surface area contributed by atoms with Gasteiger partial charge in [-0.15, -0.1) is 0 Å². The summed E-state index contributed by atoms with van der Waals surface area (Å²) in [5.41, 5.74) is 0.428. The first-order chi connectivity index (χ1) is 9.63. The van der Waals surface area contributed by atoms with Crippen molar-refractivity contribution in [3.05, 3.63) is 35.1 Å². The van der Waals surface area contributed by atoms with Crippen molar-refractivity contribution in [1.29, 1.82) is 0 Å². The monoisotopic (exact) mass is 288 g/mol. The van der Waals surface area contributed by atoms with Gasteiger partial charge in [-0.1, -0.05) is 0 Å². The SMILES string of the molecule is OCCC[C@@H](c1cc(F)c(F)c(F)c1)N1CCNCC1. The number of nitrogens with zero attached hydrogens (tertiary/aromatic N) is 1. The Kier molecular flexibility index (Phi) is 5.39. The number of aliphatic hydroxyl groups is 1. The summed E-state index contributed by atoms with van der Waals surface area (Å²) in [5, 5.41) is 12.2. The van der Waals surface area contributed by atoms with Gasteiger partial charge in [-0.2, -0.15) is 0 Å². The Labute approximate surface area is 116 Å². The highest BCUT2D eigenvalue weighted by Crippen LogP contribution is 2.28. The molecule has 0 saturated carbocycles. The summed E-state index contributed by atoms with van der Waals surface area (Å²) in [6, 6.07) is 1.92. The minimum Gasteiger partial charge on any atom is -0.396 e. The smallest absolute Gasteiger partial charge is 0.194 e. The molecule has 1 saturated heterocycles. The molecule has 1 atom stereocenters. The van der Waals surface area contributed by atoms with E-state index >= 15 is 0 Å². The third-order valence-electron chi connectivity index (χ3n) is 3.62. The van der Waals surface area contributed by atoms with Crippen molar-refractivity contribution >= 4 is 0 Å². The van der Waals surface area contributed by atoms with Crippen molar-refractivity contribution in [2.24, 2.45) is 0 Å². The molecule has 0 amide bonds. The van der Waals surface area contributed by atoms with Crippen LogP contribution in [-0.4, -0.2) is 42.8 Å². The molecule has 1 heterocycles. The van der Waals surface area contributed by atoms with Crippen LogP contribution < -0.4 is 5.32 Å². The van der Waals surface area contributed by atoms with Gasteiger partial charge in [0.2, 0.25) is 0 Å². The van der Waals surface area contributed by atoms with Gasteiger partial charge in [-0.25, -0.2) is 13.2 Å². The minimum absolute atomic E-state index is 0.0226. The maximum Gasteiger partial charge on any atom is 0.194 e. The molecule has 1 aromatic rings. The fraction of sp³-hybridized carbons (Fsp3) is 0.571. The molecule has 0 aromatic heterocycles. The Morgan fingerprint density at radius 1 is 1.15 bits per heavy atom. The van der Waals surface area contributed by atoms with Gasteiger partial charge in [0.25, 0.3) is 0 Å². The lowest BCUT2D eigenvalue weighted by Crippen LogP contribution is -2.45. The van der Waals surface area contributed by atoms with Crippen LogP contribution >= 0.6 is 0 Å². The number of rotatable bonds is 5. The summed E-state index contributed by atoms with van der Waals surface area (Å²) >= 11 is 0. The number of piperazine rings is 1. The lowest BCUT2D eigenvalue weighted by Gasteiger charge is -2.35. The average Bonchev–Trinajstić information content (AvgIpc) is 2.46. The number of hydrogen-bond acceptors (Lipinski definition) is 3. The van der Waals surface area contributed by atoms with Crippen molar-refractivity contribution in [2.75, 3.05) is 32.8 Å². The second-order valence-corrected chi connectivity index (χ2v) is 4.97. The van der Waals surface area contributed by atoms with E-state index in [-0.39, 0.29) is 12.6 Å². The maximum absolute atomic E-state index is 13.4. The van der Waals surface area contributed by atoms with E-state index in [9.17, 15) is 13.2 Å². The van der Waals surface area contributed by atoms with Gasteiger partial charge in [0.05, 0.1) is 0 Å². The number of aliphatic hydroxyl groups excluding tert-OH is 1. The molecule has 0 unspecified atom stereocenters. The zero-order valence-electron chi connectivity index (χ0n) is 11.2. The summed E-state index contributed by atoms with van der Waals surface area (Å²) in [5.74, 6) is -3.76. The molecule has 1 aliphatic heterocycles. The summed E-state index contributed by atoms with van der Waals surface area (Å²) in [4.78, 5) is 2.11. The van der Waals surface area contributed by atoms with Crippen molar-refractivity contribution in [2.45, 2.75) is 18.9 Å². The van der Waals surface area contributed by atoms with Gasteiger partial charge >= 0.3 is 0 Å². The first kappa shape index (κ1) is 15.3. The van der Waals surface area contributed by atoms with E-state index in [1.165, 1.54) is 0 Å². The molecule has 1 aromatic carbocycles. The Morgan fingerprint density at radius 3 is 2.30 bits per heavy atom. The van der Waals surface area contributed by atoms with Crippen LogP contribution in [0, 0.1) is 17.5 Å². The molecular formula is C14H19F3N2O. The van der Waals surface area contributed by atoms with Gasteiger partial charge in [-0.3, -0.25) is 4.90 Å². The highest BCUT2D eigenvalue weighted by atomic mass is 19.2. The van der Waals surface area contributed by atoms with Crippen LogP contribution in [0.3, 0.4) is 0 Å². The fourth-order valence-corrected chi connectivity index (χ4v) is 2.61. The largest absolute Gasteiger partial charge is 0.396 e. The van der Waals surface area contributed by atoms with Crippen LogP contribution in [0.25, 0.3) is 0 Å². The van der Waals surface area contributed by atoms with Crippen LogP contribution in [0.2, 0.25) is 0 Å². The molecule has 2 rings (SSSR count). The lowest BCUT2D eigenvalue weighted by molar-refractivity contribution is 0.154. The second kappa shape index (κ2) is 7.06. The van der Waals surface area contributed by atoms with E-state index in [0.717, 1.165) is 38.3 Å². The van der Waals surface area contributed by atoms with Crippen molar-refractivity contribution in [3.8, 4) is 0 Å². The zero-order chi connectivity index (χ0) is 14.5. The van der Waals surface area contributed by atoms with Crippen LogP contribution in [0.5, 0.6) is 0 Å². The standard InChI is InChI=1S/C14H19F3N2O/c15-11-8-10(9-12(16)14(11)17)13(2-1-7-20)19-5-3-18-4-6-19/h8-9,13,18,20H,1-7H2/t13-/m0/s1. The molecule has 0 bridgehead atoms. The summed E-state index contributed by atoms with van der Waals surface area (Å²) in [6.45, 7) is 3.16. The fourth-order valence-electron chi connectivity index (χ4n) is 2.61. The van der Waals surface area contributed by atoms with Gasteiger partial charge in [0.1, 0.15) is 0 Å². The number of hydrogen-bond donors (Lipinski definition) is 2. The topological polar surface area (TPSA) is 35.5 Å². The molecule has 0 aliphatic carbocycles. The van der Waals surface area contributed by atoms with Gasteiger partial charge in [-0.05, 0) is 30.5 Å². The van der Waals surface area contributed by atoms with Crippen LogP contribution in [0.15, 0.2) is 12.1 Å². The van der Waals surface area contributed by atoms with E-state index < -0.39 is 17.5 Å². The van der Waals surface area contributed by atoms with E-state index in [1.54, 1.807) is 0 Å². The zero-order valence-corrected chi connectivity index (χ0v) is 11.2. The van der Waals surface area contributed by atoms with Crippen LogP contribution in [-0.2, 0) is 0 Å². The third kappa shape index (κ3) is 3.50. The normalized spacial score (nSPS) is 18.2. The highest BCUT2D eigenvalue weighted by Gasteiger charge is 2.24. The van der Waals surface area contributed by atoms with Crippen molar-refractivity contribution < 1.29 is 18.3 Å². The molecule has 0 radical (unpaired) electrons. The van der Waals surface area contributed by atoms with E-state index in [0.29, 0.717) is 18.4 Å². The molecule has 1 aliphatic rings. The quantitative estimate of drug-likeness (QED) is 0.811.